The quantitative estimate of drug-likeness (QED) is 0.149. The van der Waals surface area contributed by atoms with E-state index in [4.69, 9.17) is 9.97 Å². The Bertz CT molecular complexity index is 4290. The van der Waals surface area contributed by atoms with Crippen molar-refractivity contribution in [2.45, 2.75) is 26.7 Å². The first-order valence-corrected chi connectivity index (χ1v) is 26.6. The van der Waals surface area contributed by atoms with Gasteiger partial charge in [-0.25, -0.2) is 9.97 Å². The van der Waals surface area contributed by atoms with Crippen molar-refractivity contribution in [2.75, 3.05) is 9.80 Å². The predicted molar refractivity (Wildman–Crippen MR) is 316 cm³/mol. The summed E-state index contributed by atoms with van der Waals surface area (Å²) in [4.78, 5) is 14.7. The SMILES string of the molecule is CCc1nc2cccc3c2n1-c1ccc(-c2cccc(-c4c5ccccc5c(-c5ccccc5)c5ccccc45)c2)cc1N3c1ccccc1.CCc1nc2cccc3c2n1-c1ccc(Br)cc1N3c1ccccc1. The minimum Gasteiger partial charge on any atom is -0.306 e. The van der Waals surface area contributed by atoms with Crippen LogP contribution >= 0.6 is 15.9 Å². The molecule has 0 bridgehead atoms. The second-order valence-corrected chi connectivity index (χ2v) is 20.1. The van der Waals surface area contributed by atoms with Gasteiger partial charge < -0.3 is 9.80 Å². The third kappa shape index (κ3) is 7.21. The zero-order chi connectivity index (χ0) is 50.1. The lowest BCUT2D eigenvalue weighted by Crippen LogP contribution is -2.19. The average Bonchev–Trinajstić information content (AvgIpc) is 4.06. The van der Waals surface area contributed by atoms with Gasteiger partial charge in [0.1, 0.15) is 11.6 Å². The number of rotatable bonds is 7. The van der Waals surface area contributed by atoms with Crippen LogP contribution in [0.1, 0.15) is 25.5 Å². The van der Waals surface area contributed by atoms with Crippen LogP contribution < -0.4 is 9.80 Å². The van der Waals surface area contributed by atoms with Gasteiger partial charge in [0.25, 0.3) is 0 Å². The number of anilines is 6. The summed E-state index contributed by atoms with van der Waals surface area (Å²) in [5, 5.41) is 5.05. The second kappa shape index (κ2) is 18.2. The molecule has 7 heteroatoms. The van der Waals surface area contributed by atoms with Crippen molar-refractivity contribution in [3.8, 4) is 44.8 Å². The van der Waals surface area contributed by atoms with Gasteiger partial charge in [0.15, 0.2) is 0 Å². The number of hydrogen-bond donors (Lipinski definition) is 0. The Labute approximate surface area is 444 Å². The van der Waals surface area contributed by atoms with Crippen LogP contribution in [-0.2, 0) is 12.8 Å². The van der Waals surface area contributed by atoms with Crippen LogP contribution in [0.2, 0.25) is 0 Å². The molecule has 11 aromatic carbocycles. The summed E-state index contributed by atoms with van der Waals surface area (Å²) >= 11 is 3.64. The van der Waals surface area contributed by atoms with E-state index in [1.165, 1.54) is 71.8 Å². The first kappa shape index (κ1) is 44.6. The van der Waals surface area contributed by atoms with Crippen molar-refractivity contribution in [1.29, 1.82) is 0 Å². The Balaban J connectivity index is 0.000000172. The number of nitrogens with zero attached hydrogens (tertiary/aromatic N) is 6. The monoisotopic (exact) mass is 1030 g/mol. The topological polar surface area (TPSA) is 42.1 Å². The molecule has 0 unspecified atom stereocenters. The fraction of sp³-hybridized carbons (Fsp3) is 0.0588. The van der Waals surface area contributed by atoms with Crippen molar-refractivity contribution in [1.82, 2.24) is 19.1 Å². The largest absolute Gasteiger partial charge is 0.306 e. The molecule has 0 fully saturated rings. The van der Waals surface area contributed by atoms with E-state index in [2.05, 4.69) is 285 Å². The first-order valence-electron chi connectivity index (χ1n) is 25.8. The second-order valence-electron chi connectivity index (χ2n) is 19.2. The maximum Gasteiger partial charge on any atom is 0.114 e. The lowest BCUT2D eigenvalue weighted by Gasteiger charge is -2.33. The minimum absolute atomic E-state index is 0.855. The fourth-order valence-corrected chi connectivity index (χ4v) is 12.1. The molecule has 2 aromatic heterocycles. The molecule has 0 radical (unpaired) electrons. The summed E-state index contributed by atoms with van der Waals surface area (Å²) in [7, 11) is 0. The van der Waals surface area contributed by atoms with Gasteiger partial charge >= 0.3 is 0 Å². The standard InChI is InChI=1S/C47H33N3.C21H16BrN3/c1-2-44-48-40-25-14-26-42-47(40)50(44)41-28-27-33(30-43(41)49(42)35-19-7-4-8-20-35)32-17-13-18-34(29-32)46-38-23-11-9-21-36(38)45(31-15-5-3-6-16-31)37-22-10-12-24-39(37)46;1-2-20-23-16-9-6-10-18-21(16)25(20)17-12-11-14(22)13-19(17)24(18)15-7-4-3-5-8-15/h3-30H,2H2,1H3;3-13H,2H2,1H3. The first-order chi connectivity index (χ1) is 37.1. The van der Waals surface area contributed by atoms with E-state index in [0.29, 0.717) is 0 Å². The smallest absolute Gasteiger partial charge is 0.114 e. The van der Waals surface area contributed by atoms with Crippen LogP contribution in [0, 0.1) is 0 Å². The minimum atomic E-state index is 0.855. The van der Waals surface area contributed by atoms with Gasteiger partial charge in [-0.05, 0) is 140 Å². The third-order valence-corrected chi connectivity index (χ3v) is 15.4. The Morgan fingerprint density at radius 1 is 0.333 bits per heavy atom. The highest BCUT2D eigenvalue weighted by molar-refractivity contribution is 9.10. The predicted octanol–water partition coefficient (Wildman–Crippen LogP) is 18.8. The van der Waals surface area contributed by atoms with Gasteiger partial charge in [0.2, 0.25) is 0 Å². The molecule has 6 nitrogen and oxygen atoms in total. The molecule has 15 rings (SSSR count). The summed E-state index contributed by atoms with van der Waals surface area (Å²) in [5.41, 5.74) is 21.0. The Hall–Kier alpha value is -9.04. The van der Waals surface area contributed by atoms with Crippen molar-refractivity contribution in [2.24, 2.45) is 0 Å². The molecule has 2 aliphatic heterocycles. The van der Waals surface area contributed by atoms with Crippen molar-refractivity contribution >= 4 is 93.7 Å². The molecule has 0 aliphatic carbocycles. The number of para-hydroxylation sites is 4. The van der Waals surface area contributed by atoms with Crippen LogP contribution in [0.25, 0.3) is 88.4 Å². The van der Waals surface area contributed by atoms with Crippen LogP contribution in [0.15, 0.2) is 241 Å². The van der Waals surface area contributed by atoms with E-state index in [1.54, 1.807) is 0 Å². The molecular formula is C68H49BrN6. The van der Waals surface area contributed by atoms with Crippen molar-refractivity contribution < 1.29 is 0 Å². The molecule has 75 heavy (non-hydrogen) atoms. The molecule has 0 saturated carbocycles. The van der Waals surface area contributed by atoms with E-state index in [1.807, 2.05) is 0 Å². The Kier molecular flexibility index (Phi) is 10.8. The third-order valence-electron chi connectivity index (χ3n) is 14.9. The van der Waals surface area contributed by atoms with Gasteiger partial charge in [0, 0.05) is 28.7 Å². The van der Waals surface area contributed by atoms with E-state index < -0.39 is 0 Å². The van der Waals surface area contributed by atoms with E-state index in [9.17, 15) is 0 Å². The van der Waals surface area contributed by atoms with Crippen LogP contribution in [0.5, 0.6) is 0 Å². The molecule has 358 valence electrons. The number of fused-ring (bicyclic) bond motifs is 6. The molecule has 0 atom stereocenters. The van der Waals surface area contributed by atoms with Gasteiger partial charge in [-0.2, -0.15) is 0 Å². The average molecular weight is 1030 g/mol. The number of benzene rings is 11. The van der Waals surface area contributed by atoms with Crippen LogP contribution in [0.4, 0.5) is 34.1 Å². The fourth-order valence-electron chi connectivity index (χ4n) is 11.8. The highest BCUT2D eigenvalue weighted by Gasteiger charge is 2.31. The Morgan fingerprint density at radius 2 is 0.747 bits per heavy atom. The van der Waals surface area contributed by atoms with Crippen molar-refractivity contribution in [3.63, 3.8) is 0 Å². The van der Waals surface area contributed by atoms with Crippen LogP contribution in [-0.4, -0.2) is 19.1 Å². The number of aryl methyl sites for hydroxylation is 2. The van der Waals surface area contributed by atoms with Crippen molar-refractivity contribution in [3.05, 3.63) is 253 Å². The number of hydrogen-bond acceptors (Lipinski definition) is 4. The number of halogens is 1. The van der Waals surface area contributed by atoms with Crippen LogP contribution in [0.3, 0.4) is 0 Å². The highest BCUT2D eigenvalue weighted by atomic mass is 79.9. The lowest BCUT2D eigenvalue weighted by molar-refractivity contribution is 0.900. The molecular weight excluding hydrogens is 981 g/mol. The lowest BCUT2D eigenvalue weighted by atomic mass is 9.85. The molecule has 13 aromatic rings. The van der Waals surface area contributed by atoms with Gasteiger partial charge in [-0.15, -0.1) is 0 Å². The highest BCUT2D eigenvalue weighted by Crippen LogP contribution is 2.51. The summed E-state index contributed by atoms with van der Waals surface area (Å²) in [6, 6.07) is 85.0. The number of imidazole rings is 2. The van der Waals surface area contributed by atoms with Gasteiger partial charge in [0.05, 0.1) is 56.2 Å². The summed E-state index contributed by atoms with van der Waals surface area (Å²) in [6.45, 7) is 4.35. The van der Waals surface area contributed by atoms with E-state index in [-0.39, 0.29) is 0 Å². The van der Waals surface area contributed by atoms with E-state index >= 15 is 0 Å². The normalized spacial score (nSPS) is 12.3. The van der Waals surface area contributed by atoms with Gasteiger partial charge in [-0.3, -0.25) is 9.13 Å². The summed E-state index contributed by atoms with van der Waals surface area (Å²) in [5.74, 6) is 2.17. The summed E-state index contributed by atoms with van der Waals surface area (Å²) in [6.07, 6.45) is 1.75. The molecule has 0 amide bonds. The molecule has 0 saturated heterocycles. The molecule has 0 spiro atoms. The molecule has 4 heterocycles. The zero-order valence-electron chi connectivity index (χ0n) is 41.5. The molecule has 2 aliphatic rings. The number of aromatic nitrogens is 4. The zero-order valence-corrected chi connectivity index (χ0v) is 43.1. The summed E-state index contributed by atoms with van der Waals surface area (Å²) < 4.78 is 5.75. The maximum absolute atomic E-state index is 5.07. The van der Waals surface area contributed by atoms with Gasteiger partial charge in [-0.1, -0.05) is 181 Å². The molecule has 0 N–H and O–H groups in total. The maximum atomic E-state index is 5.07. The Morgan fingerprint density at radius 3 is 1.27 bits per heavy atom. The van der Waals surface area contributed by atoms with E-state index in [0.717, 1.165) is 79.6 Å².